The summed E-state index contributed by atoms with van der Waals surface area (Å²) < 4.78 is 4.82. The molecule has 4 nitrogen and oxygen atoms in total. The highest BCUT2D eigenvalue weighted by atomic mass is 16.5. The number of aliphatic hydroxyl groups is 1. The van der Waals surface area contributed by atoms with Crippen molar-refractivity contribution in [3.63, 3.8) is 0 Å². The zero-order valence-electron chi connectivity index (χ0n) is 6.45. The molecule has 1 aromatic rings. The number of methoxy groups -OCH3 is 1. The van der Waals surface area contributed by atoms with Crippen LogP contribution in [0.3, 0.4) is 0 Å². The van der Waals surface area contributed by atoms with Crippen molar-refractivity contribution in [2.45, 2.75) is 12.5 Å². The molecule has 2 N–H and O–H groups in total. The number of aliphatic hydroxyl groups excluding tert-OH is 1. The van der Waals surface area contributed by atoms with Crippen molar-refractivity contribution in [3.05, 3.63) is 18.0 Å². The zero-order chi connectivity index (χ0) is 8.10. The van der Waals surface area contributed by atoms with E-state index in [1.165, 1.54) is 0 Å². The highest BCUT2D eigenvalue weighted by molar-refractivity contribution is 5.06. The maximum absolute atomic E-state index is 9.40. The predicted octanol–water partition coefficient (Wildman–Crippen LogP) is 0.480. The number of rotatable bonds is 4. The molecule has 0 fully saturated rings. The van der Waals surface area contributed by atoms with Crippen LogP contribution in [0.4, 0.5) is 0 Å². The van der Waals surface area contributed by atoms with E-state index >= 15 is 0 Å². The molecule has 0 aliphatic rings. The lowest BCUT2D eigenvalue weighted by atomic mass is 10.1. The molecule has 0 saturated heterocycles. The largest absolute Gasteiger partial charge is 0.388 e. The van der Waals surface area contributed by atoms with Gasteiger partial charge in [-0.1, -0.05) is 0 Å². The molecule has 0 radical (unpaired) electrons. The number of aromatic amines is 1. The molecular weight excluding hydrogens is 144 g/mol. The molecule has 1 unspecified atom stereocenters. The molecule has 1 heterocycles. The fourth-order valence-electron chi connectivity index (χ4n) is 0.839. The Morgan fingerprint density at radius 3 is 3.18 bits per heavy atom. The average Bonchev–Trinajstić information content (AvgIpc) is 2.52. The Bertz CT molecular complexity index is 186. The first-order valence-corrected chi connectivity index (χ1v) is 3.50. The van der Waals surface area contributed by atoms with Gasteiger partial charge in [-0.25, -0.2) is 0 Å². The standard InChI is InChI=1S/C7H12N2O2/c1-11-3-2-7(10)6-4-8-9-5-6/h4-5,7,10H,2-3H2,1H3,(H,8,9). The van der Waals surface area contributed by atoms with E-state index in [9.17, 15) is 5.11 Å². The van der Waals surface area contributed by atoms with Gasteiger partial charge < -0.3 is 9.84 Å². The maximum atomic E-state index is 9.40. The molecule has 0 aliphatic carbocycles. The fraction of sp³-hybridized carbons (Fsp3) is 0.571. The van der Waals surface area contributed by atoms with E-state index in [1.54, 1.807) is 19.5 Å². The van der Waals surface area contributed by atoms with Crippen molar-refractivity contribution in [1.82, 2.24) is 10.2 Å². The summed E-state index contributed by atoms with van der Waals surface area (Å²) in [5.41, 5.74) is 0.807. The number of nitrogens with one attached hydrogen (secondary N) is 1. The second kappa shape index (κ2) is 4.10. The maximum Gasteiger partial charge on any atom is 0.0842 e. The molecule has 1 aromatic heterocycles. The number of hydrogen-bond donors (Lipinski definition) is 2. The van der Waals surface area contributed by atoms with Crippen LogP contribution in [0.15, 0.2) is 12.4 Å². The summed E-state index contributed by atoms with van der Waals surface area (Å²) in [5, 5.41) is 15.8. The highest BCUT2D eigenvalue weighted by Crippen LogP contribution is 2.13. The van der Waals surface area contributed by atoms with Crippen LogP contribution in [0.5, 0.6) is 0 Å². The van der Waals surface area contributed by atoms with Crippen LogP contribution in [0.1, 0.15) is 18.1 Å². The molecule has 62 valence electrons. The molecule has 1 atom stereocenters. The van der Waals surface area contributed by atoms with Crippen molar-refractivity contribution >= 4 is 0 Å². The molecule has 0 aliphatic heterocycles. The lowest BCUT2D eigenvalue weighted by Gasteiger charge is -2.05. The van der Waals surface area contributed by atoms with E-state index in [4.69, 9.17) is 4.74 Å². The fourth-order valence-corrected chi connectivity index (χ4v) is 0.839. The highest BCUT2D eigenvalue weighted by Gasteiger charge is 2.06. The van der Waals surface area contributed by atoms with Gasteiger partial charge in [0.05, 0.1) is 12.3 Å². The molecule has 1 rings (SSSR count). The van der Waals surface area contributed by atoms with Gasteiger partial charge >= 0.3 is 0 Å². The third-order valence-electron chi connectivity index (χ3n) is 1.50. The average molecular weight is 156 g/mol. The van der Waals surface area contributed by atoms with Crippen molar-refractivity contribution < 1.29 is 9.84 Å². The summed E-state index contributed by atoms with van der Waals surface area (Å²) in [6, 6.07) is 0. The SMILES string of the molecule is COCCC(O)c1cn[nH]c1. The van der Waals surface area contributed by atoms with Gasteiger partial charge in [0.1, 0.15) is 0 Å². The summed E-state index contributed by atoms with van der Waals surface area (Å²) in [4.78, 5) is 0. The monoisotopic (exact) mass is 156 g/mol. The van der Waals surface area contributed by atoms with E-state index in [1.807, 2.05) is 0 Å². The molecule has 0 aromatic carbocycles. The van der Waals surface area contributed by atoms with Crippen LogP contribution in [-0.4, -0.2) is 29.0 Å². The van der Waals surface area contributed by atoms with Crippen molar-refractivity contribution in [2.24, 2.45) is 0 Å². The van der Waals surface area contributed by atoms with E-state index < -0.39 is 6.10 Å². The Morgan fingerprint density at radius 1 is 1.82 bits per heavy atom. The number of H-pyrrole nitrogens is 1. The summed E-state index contributed by atoms with van der Waals surface area (Å²) in [6.07, 6.45) is 3.44. The van der Waals surface area contributed by atoms with Gasteiger partial charge in [-0.2, -0.15) is 5.10 Å². The Balaban J connectivity index is 2.36. The Hall–Kier alpha value is -0.870. The zero-order valence-corrected chi connectivity index (χ0v) is 6.45. The molecule has 0 bridgehead atoms. The Kier molecular flexibility index (Phi) is 3.07. The molecule has 4 heteroatoms. The van der Waals surface area contributed by atoms with Crippen LogP contribution in [0.2, 0.25) is 0 Å². The molecule has 0 saturated carbocycles. The van der Waals surface area contributed by atoms with Gasteiger partial charge in [0.15, 0.2) is 0 Å². The molecule has 0 spiro atoms. The second-order valence-electron chi connectivity index (χ2n) is 2.33. The first kappa shape index (κ1) is 8.23. The Labute approximate surface area is 65.2 Å². The lowest BCUT2D eigenvalue weighted by Crippen LogP contribution is -2.00. The predicted molar refractivity (Wildman–Crippen MR) is 40.0 cm³/mol. The number of ether oxygens (including phenoxy) is 1. The smallest absolute Gasteiger partial charge is 0.0842 e. The summed E-state index contributed by atoms with van der Waals surface area (Å²) in [5.74, 6) is 0. The number of hydrogen-bond acceptors (Lipinski definition) is 3. The number of nitrogens with zero attached hydrogens (tertiary/aromatic N) is 1. The van der Waals surface area contributed by atoms with Gasteiger partial charge in [-0.05, 0) is 0 Å². The summed E-state index contributed by atoms with van der Waals surface area (Å²) in [7, 11) is 1.61. The van der Waals surface area contributed by atoms with Gasteiger partial charge in [-0.3, -0.25) is 5.10 Å². The Morgan fingerprint density at radius 2 is 2.64 bits per heavy atom. The molecule has 0 amide bonds. The van der Waals surface area contributed by atoms with Gasteiger partial charge in [-0.15, -0.1) is 0 Å². The minimum absolute atomic E-state index is 0.464. The summed E-state index contributed by atoms with van der Waals surface area (Å²) >= 11 is 0. The second-order valence-corrected chi connectivity index (χ2v) is 2.33. The quantitative estimate of drug-likeness (QED) is 0.666. The van der Waals surface area contributed by atoms with Gasteiger partial charge in [0, 0.05) is 31.9 Å². The van der Waals surface area contributed by atoms with Crippen LogP contribution in [0.25, 0.3) is 0 Å². The third kappa shape index (κ3) is 2.32. The van der Waals surface area contributed by atoms with Crippen molar-refractivity contribution in [2.75, 3.05) is 13.7 Å². The minimum Gasteiger partial charge on any atom is -0.388 e. The van der Waals surface area contributed by atoms with E-state index in [-0.39, 0.29) is 0 Å². The van der Waals surface area contributed by atoms with Gasteiger partial charge in [0.25, 0.3) is 0 Å². The van der Waals surface area contributed by atoms with E-state index in [2.05, 4.69) is 10.2 Å². The van der Waals surface area contributed by atoms with Crippen LogP contribution in [0, 0.1) is 0 Å². The van der Waals surface area contributed by atoms with Crippen LogP contribution < -0.4 is 0 Å². The van der Waals surface area contributed by atoms with Gasteiger partial charge in [0.2, 0.25) is 0 Å². The van der Waals surface area contributed by atoms with Crippen molar-refractivity contribution in [1.29, 1.82) is 0 Å². The topological polar surface area (TPSA) is 58.1 Å². The normalized spacial score (nSPS) is 13.3. The first-order chi connectivity index (χ1) is 5.34. The lowest BCUT2D eigenvalue weighted by molar-refractivity contribution is 0.110. The van der Waals surface area contributed by atoms with E-state index in [0.717, 1.165) is 5.56 Å². The molecule has 11 heavy (non-hydrogen) atoms. The number of aromatic nitrogens is 2. The van der Waals surface area contributed by atoms with Crippen LogP contribution in [-0.2, 0) is 4.74 Å². The third-order valence-corrected chi connectivity index (χ3v) is 1.50. The first-order valence-electron chi connectivity index (χ1n) is 3.50. The minimum atomic E-state index is -0.464. The summed E-state index contributed by atoms with van der Waals surface area (Å²) in [6.45, 7) is 0.562. The van der Waals surface area contributed by atoms with Crippen molar-refractivity contribution in [3.8, 4) is 0 Å². The van der Waals surface area contributed by atoms with Crippen LogP contribution >= 0.6 is 0 Å². The molecular formula is C7H12N2O2. The van der Waals surface area contributed by atoms with E-state index in [0.29, 0.717) is 13.0 Å².